The van der Waals surface area contributed by atoms with Gasteiger partial charge in [-0.2, -0.15) is 0 Å². The lowest BCUT2D eigenvalue weighted by molar-refractivity contribution is -0.122. The third-order valence-electron chi connectivity index (χ3n) is 4.34. The summed E-state index contributed by atoms with van der Waals surface area (Å²) in [6.07, 6.45) is 0.460. The van der Waals surface area contributed by atoms with Gasteiger partial charge in [0.15, 0.2) is 6.61 Å². The number of benzene rings is 2. The van der Waals surface area contributed by atoms with E-state index in [9.17, 15) is 18.0 Å². The van der Waals surface area contributed by atoms with Gasteiger partial charge in [0, 0.05) is 16.8 Å². The Labute approximate surface area is 172 Å². The maximum atomic E-state index is 12.6. The maximum absolute atomic E-state index is 12.6. The predicted molar refractivity (Wildman–Crippen MR) is 105 cm³/mol. The van der Waals surface area contributed by atoms with Crippen LogP contribution in [0.5, 0.6) is 0 Å². The number of hydrogen-bond donors (Lipinski definition) is 1. The number of rotatable bonds is 4. The summed E-state index contributed by atoms with van der Waals surface area (Å²) in [5.74, 6) is -1.18. The van der Waals surface area contributed by atoms with Gasteiger partial charge in [0.25, 0.3) is 5.91 Å². The van der Waals surface area contributed by atoms with E-state index in [2.05, 4.69) is 0 Å². The number of fused-ring (bicyclic) bond motifs is 1. The maximum Gasteiger partial charge on any atom is 0.340 e. The number of anilines is 1. The van der Waals surface area contributed by atoms with E-state index < -0.39 is 28.5 Å². The number of esters is 1. The molecule has 148 valence electrons. The summed E-state index contributed by atoms with van der Waals surface area (Å²) in [5, 5.41) is 5.65. The van der Waals surface area contributed by atoms with Crippen molar-refractivity contribution in [1.29, 1.82) is 0 Å². The Morgan fingerprint density at radius 3 is 2.57 bits per heavy atom. The average molecular weight is 443 g/mol. The summed E-state index contributed by atoms with van der Waals surface area (Å²) in [6.45, 7) is 1.32. The second kappa shape index (κ2) is 7.71. The fourth-order valence-electron chi connectivity index (χ4n) is 3.09. The van der Waals surface area contributed by atoms with Gasteiger partial charge in [-0.1, -0.05) is 23.2 Å². The molecule has 3 rings (SSSR count). The van der Waals surface area contributed by atoms with Crippen LogP contribution < -0.4 is 10.0 Å². The van der Waals surface area contributed by atoms with Crippen LogP contribution in [0.1, 0.15) is 22.8 Å². The molecule has 0 aliphatic carbocycles. The number of carbonyl (C=O) groups excluding carboxylic acids is 2. The lowest BCUT2D eigenvalue weighted by Crippen LogP contribution is -2.38. The zero-order valence-corrected chi connectivity index (χ0v) is 17.0. The number of amides is 1. The molecule has 10 heteroatoms. The van der Waals surface area contributed by atoms with Crippen molar-refractivity contribution in [3.8, 4) is 0 Å². The van der Waals surface area contributed by atoms with Crippen molar-refractivity contribution in [1.82, 2.24) is 0 Å². The van der Waals surface area contributed by atoms with Crippen LogP contribution in [-0.4, -0.2) is 32.9 Å². The Hall–Kier alpha value is -2.13. The van der Waals surface area contributed by atoms with Crippen LogP contribution in [-0.2, 0) is 26.0 Å². The smallest absolute Gasteiger partial charge is 0.340 e. The summed E-state index contributed by atoms with van der Waals surface area (Å²) < 4.78 is 28.1. The number of nitrogens with zero attached hydrogens (tertiary/aromatic N) is 1. The van der Waals surface area contributed by atoms with Crippen LogP contribution in [0.4, 0.5) is 5.69 Å². The molecule has 0 saturated carbocycles. The van der Waals surface area contributed by atoms with Crippen LogP contribution in [0.3, 0.4) is 0 Å². The monoisotopic (exact) mass is 442 g/mol. The van der Waals surface area contributed by atoms with Crippen LogP contribution >= 0.6 is 23.2 Å². The Bertz CT molecular complexity index is 1070. The molecule has 1 unspecified atom stereocenters. The van der Waals surface area contributed by atoms with Crippen molar-refractivity contribution in [3.63, 3.8) is 0 Å². The topological polar surface area (TPSA) is 107 Å². The normalized spacial score (nSPS) is 16.0. The summed E-state index contributed by atoms with van der Waals surface area (Å²) in [7, 11) is -3.83. The summed E-state index contributed by atoms with van der Waals surface area (Å²) >= 11 is 11.8. The molecule has 0 radical (unpaired) electrons. The number of sulfonamides is 1. The first-order valence-corrected chi connectivity index (χ1v) is 10.5. The molecule has 1 aliphatic rings. The van der Waals surface area contributed by atoms with Gasteiger partial charge in [-0.3, -0.25) is 4.79 Å². The largest absolute Gasteiger partial charge is 0.452 e. The molecule has 0 saturated heterocycles. The quantitative estimate of drug-likeness (QED) is 0.732. The standard InChI is InChI=1S/C18H16Cl2N2O5S/c1-10-6-11-7-13(28(21,25)26)3-5-16(11)22(10)17(23)9-27-18(24)14-4-2-12(19)8-15(14)20/h2-5,7-8,10H,6,9H2,1H3,(H2,21,25,26). The van der Waals surface area contributed by atoms with E-state index in [1.807, 2.05) is 6.92 Å². The zero-order valence-electron chi connectivity index (χ0n) is 14.7. The number of ether oxygens (including phenoxy) is 1. The summed E-state index contributed by atoms with van der Waals surface area (Å²) in [4.78, 5) is 26.3. The van der Waals surface area contributed by atoms with Crippen molar-refractivity contribution in [2.45, 2.75) is 24.3 Å². The molecule has 7 nitrogen and oxygen atoms in total. The lowest BCUT2D eigenvalue weighted by atomic mass is 10.1. The molecular formula is C18H16Cl2N2O5S. The van der Waals surface area contributed by atoms with Crippen molar-refractivity contribution >= 4 is 50.8 Å². The first kappa shape index (κ1) is 20.6. The SMILES string of the molecule is CC1Cc2cc(S(N)(=O)=O)ccc2N1C(=O)COC(=O)c1ccc(Cl)cc1Cl. The molecule has 2 aromatic rings. The minimum absolute atomic E-state index is 0.0171. The van der Waals surface area contributed by atoms with Crippen molar-refractivity contribution < 1.29 is 22.7 Å². The van der Waals surface area contributed by atoms with E-state index in [0.717, 1.165) is 0 Å². The van der Waals surface area contributed by atoms with Gasteiger partial charge in [0.05, 0.1) is 15.5 Å². The van der Waals surface area contributed by atoms with Crippen molar-refractivity contribution in [3.05, 3.63) is 57.6 Å². The molecule has 1 aliphatic heterocycles. The molecule has 1 amide bonds. The van der Waals surface area contributed by atoms with Gasteiger partial charge in [-0.05, 0) is 55.3 Å². The van der Waals surface area contributed by atoms with Gasteiger partial charge in [-0.25, -0.2) is 18.4 Å². The number of carbonyl (C=O) groups is 2. The Kier molecular flexibility index (Phi) is 5.67. The molecule has 0 fully saturated rings. The number of halogens is 2. The summed E-state index contributed by atoms with van der Waals surface area (Å²) in [6, 6.07) is 8.40. The molecule has 0 aromatic heterocycles. The van der Waals surface area contributed by atoms with E-state index in [4.69, 9.17) is 33.1 Å². The van der Waals surface area contributed by atoms with Gasteiger partial charge in [-0.15, -0.1) is 0 Å². The molecule has 0 spiro atoms. The number of hydrogen-bond acceptors (Lipinski definition) is 5. The van der Waals surface area contributed by atoms with Crippen molar-refractivity contribution in [2.24, 2.45) is 5.14 Å². The van der Waals surface area contributed by atoms with Crippen LogP contribution in [0.15, 0.2) is 41.3 Å². The second-order valence-electron chi connectivity index (χ2n) is 6.35. The first-order valence-electron chi connectivity index (χ1n) is 8.18. The molecule has 2 N–H and O–H groups in total. The van der Waals surface area contributed by atoms with E-state index >= 15 is 0 Å². The van der Waals surface area contributed by atoms with E-state index in [1.165, 1.54) is 41.3 Å². The molecule has 28 heavy (non-hydrogen) atoms. The van der Waals surface area contributed by atoms with Crippen LogP contribution in [0.25, 0.3) is 0 Å². The molecule has 1 atom stereocenters. The minimum Gasteiger partial charge on any atom is -0.452 e. The highest BCUT2D eigenvalue weighted by atomic mass is 35.5. The molecule has 0 bridgehead atoms. The highest BCUT2D eigenvalue weighted by Gasteiger charge is 2.32. The van der Waals surface area contributed by atoms with E-state index in [0.29, 0.717) is 22.7 Å². The van der Waals surface area contributed by atoms with Crippen LogP contribution in [0.2, 0.25) is 10.0 Å². The lowest BCUT2D eigenvalue weighted by Gasteiger charge is -2.22. The van der Waals surface area contributed by atoms with E-state index in [1.54, 1.807) is 0 Å². The summed E-state index contributed by atoms with van der Waals surface area (Å²) in [5.41, 5.74) is 1.34. The molecule has 1 heterocycles. The first-order chi connectivity index (χ1) is 13.1. The second-order valence-corrected chi connectivity index (χ2v) is 8.76. The molecular weight excluding hydrogens is 427 g/mol. The van der Waals surface area contributed by atoms with Crippen molar-refractivity contribution in [2.75, 3.05) is 11.5 Å². The molecule has 2 aromatic carbocycles. The number of primary sulfonamides is 1. The predicted octanol–water partition coefficient (Wildman–Crippen LogP) is 2.78. The highest BCUT2D eigenvalue weighted by molar-refractivity contribution is 7.89. The van der Waals surface area contributed by atoms with Gasteiger partial charge in [0.2, 0.25) is 10.0 Å². The minimum atomic E-state index is -3.83. The number of nitrogens with two attached hydrogens (primary N) is 1. The van der Waals surface area contributed by atoms with Gasteiger partial charge < -0.3 is 9.64 Å². The fraction of sp³-hybridized carbons (Fsp3) is 0.222. The van der Waals surface area contributed by atoms with Gasteiger partial charge in [0.1, 0.15) is 0 Å². The highest BCUT2D eigenvalue weighted by Crippen LogP contribution is 2.33. The van der Waals surface area contributed by atoms with E-state index in [-0.39, 0.29) is 21.5 Å². The van der Waals surface area contributed by atoms with Gasteiger partial charge >= 0.3 is 5.97 Å². The zero-order chi connectivity index (χ0) is 20.6. The Balaban J connectivity index is 1.74. The average Bonchev–Trinajstić information content (AvgIpc) is 2.93. The van der Waals surface area contributed by atoms with Crippen LogP contribution in [0, 0.1) is 0 Å². The Morgan fingerprint density at radius 1 is 1.21 bits per heavy atom. The Morgan fingerprint density at radius 2 is 1.93 bits per heavy atom. The third-order valence-corrected chi connectivity index (χ3v) is 5.80. The third kappa shape index (κ3) is 4.15. The fourth-order valence-corrected chi connectivity index (χ4v) is 4.14.